The number of nitro benzene ring substituents is 1. The Kier molecular flexibility index (Phi) is 5.54. The summed E-state index contributed by atoms with van der Waals surface area (Å²) in [6, 6.07) is 5.55. The first-order valence-corrected chi connectivity index (χ1v) is 8.05. The van der Waals surface area contributed by atoms with Crippen molar-refractivity contribution in [3.8, 4) is 0 Å². The molecule has 0 aliphatic heterocycles. The third-order valence-corrected chi connectivity index (χ3v) is 4.93. The Balaban J connectivity index is 1.92. The highest BCUT2D eigenvalue weighted by molar-refractivity contribution is 9.10. The first-order valence-electron chi connectivity index (χ1n) is 7.26. The van der Waals surface area contributed by atoms with Crippen molar-refractivity contribution in [2.45, 2.75) is 51.6 Å². The summed E-state index contributed by atoms with van der Waals surface area (Å²) >= 11 is 3.42. The van der Waals surface area contributed by atoms with Crippen molar-refractivity contribution in [2.24, 2.45) is 5.92 Å². The summed E-state index contributed by atoms with van der Waals surface area (Å²) in [6.07, 6.45) is 6.41. The van der Waals surface area contributed by atoms with E-state index >= 15 is 0 Å². The summed E-state index contributed by atoms with van der Waals surface area (Å²) in [6.45, 7) is 3.03. The molecule has 1 fully saturated rings. The maximum Gasteiger partial charge on any atom is 0.270 e. The van der Waals surface area contributed by atoms with E-state index < -0.39 is 0 Å². The summed E-state index contributed by atoms with van der Waals surface area (Å²) in [5, 5.41) is 14.3. The van der Waals surface area contributed by atoms with Gasteiger partial charge >= 0.3 is 0 Å². The molecule has 1 aromatic carbocycles. The van der Waals surface area contributed by atoms with E-state index in [2.05, 4.69) is 28.2 Å². The van der Waals surface area contributed by atoms with Gasteiger partial charge in [0.2, 0.25) is 0 Å². The quantitative estimate of drug-likeness (QED) is 0.637. The molecule has 0 heterocycles. The second kappa shape index (κ2) is 7.18. The first kappa shape index (κ1) is 15.4. The summed E-state index contributed by atoms with van der Waals surface area (Å²) in [7, 11) is 0. The van der Waals surface area contributed by atoms with Crippen LogP contribution in [0.4, 0.5) is 5.69 Å². The van der Waals surface area contributed by atoms with Crippen LogP contribution in [-0.2, 0) is 6.54 Å². The monoisotopic (exact) mass is 340 g/mol. The number of benzene rings is 1. The lowest BCUT2D eigenvalue weighted by molar-refractivity contribution is -0.384. The summed E-state index contributed by atoms with van der Waals surface area (Å²) in [5.74, 6) is 0.849. The molecule has 0 amide bonds. The molecule has 0 spiro atoms. The molecule has 0 bridgehead atoms. The van der Waals surface area contributed by atoms with Gasteiger partial charge in [-0.15, -0.1) is 0 Å². The molecule has 1 N–H and O–H groups in total. The van der Waals surface area contributed by atoms with E-state index in [0.29, 0.717) is 6.04 Å². The number of rotatable bonds is 5. The lowest BCUT2D eigenvalue weighted by Gasteiger charge is -2.29. The Morgan fingerprint density at radius 1 is 1.45 bits per heavy atom. The lowest BCUT2D eigenvalue weighted by Crippen LogP contribution is -2.33. The molecule has 5 heteroatoms. The second-order valence-electron chi connectivity index (χ2n) is 5.55. The first-order chi connectivity index (χ1) is 9.60. The number of hydrogen-bond acceptors (Lipinski definition) is 3. The normalized spacial score (nSPS) is 22.7. The number of nitrogens with one attached hydrogen (secondary N) is 1. The van der Waals surface area contributed by atoms with Gasteiger partial charge in [-0.25, -0.2) is 0 Å². The molecule has 0 aromatic heterocycles. The molecule has 2 unspecified atom stereocenters. The van der Waals surface area contributed by atoms with Gasteiger partial charge in [0.15, 0.2) is 0 Å². The van der Waals surface area contributed by atoms with E-state index in [-0.39, 0.29) is 10.6 Å². The second-order valence-corrected chi connectivity index (χ2v) is 6.41. The van der Waals surface area contributed by atoms with Gasteiger partial charge in [0.05, 0.1) is 4.92 Å². The lowest BCUT2D eigenvalue weighted by atomic mass is 9.84. The highest BCUT2D eigenvalue weighted by Crippen LogP contribution is 2.27. The summed E-state index contributed by atoms with van der Waals surface area (Å²) in [4.78, 5) is 10.3. The molecular weight excluding hydrogens is 320 g/mol. The molecule has 1 aliphatic rings. The van der Waals surface area contributed by atoms with E-state index in [9.17, 15) is 10.1 Å². The molecule has 4 nitrogen and oxygen atoms in total. The number of halogens is 1. The maximum atomic E-state index is 10.7. The van der Waals surface area contributed by atoms with Crippen molar-refractivity contribution in [1.82, 2.24) is 5.32 Å². The number of hydrogen-bond donors (Lipinski definition) is 1. The Hall–Kier alpha value is -0.940. The fourth-order valence-electron chi connectivity index (χ4n) is 2.89. The molecule has 1 saturated carbocycles. The number of non-ortho nitro benzene ring substituents is 1. The van der Waals surface area contributed by atoms with Crippen LogP contribution in [-0.4, -0.2) is 11.0 Å². The highest BCUT2D eigenvalue weighted by atomic mass is 79.9. The smallest absolute Gasteiger partial charge is 0.270 e. The van der Waals surface area contributed by atoms with Gasteiger partial charge < -0.3 is 5.32 Å². The topological polar surface area (TPSA) is 55.2 Å². The van der Waals surface area contributed by atoms with Gasteiger partial charge in [-0.3, -0.25) is 10.1 Å². The van der Waals surface area contributed by atoms with Crippen molar-refractivity contribution in [1.29, 1.82) is 0 Å². The van der Waals surface area contributed by atoms with Crippen LogP contribution in [0.3, 0.4) is 0 Å². The maximum absolute atomic E-state index is 10.7. The molecule has 1 aliphatic carbocycles. The molecule has 110 valence electrons. The minimum Gasteiger partial charge on any atom is -0.310 e. The van der Waals surface area contributed by atoms with E-state index in [1.807, 2.05) is 6.07 Å². The zero-order valence-corrected chi connectivity index (χ0v) is 13.4. The van der Waals surface area contributed by atoms with Crippen LogP contribution >= 0.6 is 15.9 Å². The molecule has 2 atom stereocenters. The van der Waals surface area contributed by atoms with Crippen LogP contribution in [0.5, 0.6) is 0 Å². The molecule has 0 saturated heterocycles. The van der Waals surface area contributed by atoms with Crippen LogP contribution in [0.2, 0.25) is 0 Å². The Bertz CT molecular complexity index is 479. The number of nitrogens with zero attached hydrogens (tertiary/aromatic N) is 1. The minimum absolute atomic E-state index is 0.129. The van der Waals surface area contributed by atoms with Gasteiger partial charge in [0.1, 0.15) is 0 Å². The average molecular weight is 341 g/mol. The highest BCUT2D eigenvalue weighted by Gasteiger charge is 2.20. The van der Waals surface area contributed by atoms with Gasteiger partial charge in [-0.1, -0.05) is 42.1 Å². The van der Waals surface area contributed by atoms with Gasteiger partial charge in [0.25, 0.3) is 5.69 Å². The number of nitro groups is 1. The van der Waals surface area contributed by atoms with E-state index in [1.54, 1.807) is 12.1 Å². The Morgan fingerprint density at radius 2 is 2.25 bits per heavy atom. The SMILES string of the molecule is CCC1CCCC(NCc2ccc([N+](=O)[O-])cc2Br)C1. The standard InChI is InChI=1S/C15H21BrN2O2/c1-2-11-4-3-5-13(8-11)17-10-12-6-7-14(18(19)20)9-15(12)16/h6-7,9,11,13,17H,2-5,8,10H2,1H3. The Morgan fingerprint density at radius 3 is 2.90 bits per heavy atom. The fraction of sp³-hybridized carbons (Fsp3) is 0.600. The zero-order chi connectivity index (χ0) is 14.5. The van der Waals surface area contributed by atoms with Crippen LogP contribution in [0.1, 0.15) is 44.6 Å². The largest absolute Gasteiger partial charge is 0.310 e. The van der Waals surface area contributed by atoms with Crippen LogP contribution in [0, 0.1) is 16.0 Å². The van der Waals surface area contributed by atoms with Crippen molar-refractivity contribution < 1.29 is 4.92 Å². The van der Waals surface area contributed by atoms with E-state index in [1.165, 1.54) is 32.1 Å². The van der Waals surface area contributed by atoms with Crippen LogP contribution < -0.4 is 5.32 Å². The molecular formula is C15H21BrN2O2. The van der Waals surface area contributed by atoms with Crippen LogP contribution in [0.25, 0.3) is 0 Å². The Labute approximate surface area is 128 Å². The van der Waals surface area contributed by atoms with Gasteiger partial charge in [0, 0.05) is 29.2 Å². The summed E-state index contributed by atoms with van der Waals surface area (Å²) < 4.78 is 0.807. The molecule has 20 heavy (non-hydrogen) atoms. The van der Waals surface area contributed by atoms with Crippen molar-refractivity contribution >= 4 is 21.6 Å². The van der Waals surface area contributed by atoms with Crippen LogP contribution in [0.15, 0.2) is 22.7 Å². The van der Waals surface area contributed by atoms with Crippen molar-refractivity contribution in [3.05, 3.63) is 38.3 Å². The third-order valence-electron chi connectivity index (χ3n) is 4.19. The zero-order valence-electron chi connectivity index (χ0n) is 11.8. The van der Waals surface area contributed by atoms with Crippen molar-refractivity contribution in [3.63, 3.8) is 0 Å². The molecule has 0 radical (unpaired) electrons. The summed E-state index contributed by atoms with van der Waals surface area (Å²) in [5.41, 5.74) is 1.21. The van der Waals surface area contributed by atoms with Crippen molar-refractivity contribution in [2.75, 3.05) is 0 Å². The fourth-order valence-corrected chi connectivity index (χ4v) is 3.40. The molecule has 2 rings (SSSR count). The third kappa shape index (κ3) is 4.03. The van der Waals surface area contributed by atoms with Gasteiger partial charge in [-0.05, 0) is 30.4 Å². The predicted molar refractivity (Wildman–Crippen MR) is 83.7 cm³/mol. The van der Waals surface area contributed by atoms with E-state index in [4.69, 9.17) is 0 Å². The van der Waals surface area contributed by atoms with E-state index in [0.717, 1.165) is 22.5 Å². The molecule has 1 aromatic rings. The van der Waals surface area contributed by atoms with Gasteiger partial charge in [-0.2, -0.15) is 0 Å². The minimum atomic E-state index is -0.366. The average Bonchev–Trinajstić information content (AvgIpc) is 2.46. The predicted octanol–water partition coefficient (Wildman–Crippen LogP) is 4.42.